The second-order valence-corrected chi connectivity index (χ2v) is 4.68. The Bertz CT molecular complexity index is 677. The van der Waals surface area contributed by atoms with E-state index in [0.29, 0.717) is 17.4 Å². The molecule has 0 bridgehead atoms. The Hall–Kier alpha value is -2.26. The summed E-state index contributed by atoms with van der Waals surface area (Å²) in [6.45, 7) is 0.418. The van der Waals surface area contributed by atoms with Crippen molar-refractivity contribution in [3.05, 3.63) is 77.6 Å². The third-order valence-corrected chi connectivity index (χ3v) is 3.04. The molecule has 0 amide bonds. The molecule has 0 aliphatic heterocycles. The van der Waals surface area contributed by atoms with Crippen LogP contribution in [-0.4, -0.2) is 9.78 Å². The summed E-state index contributed by atoms with van der Waals surface area (Å²) in [7, 11) is 0. The van der Waals surface area contributed by atoms with E-state index >= 15 is 0 Å². The van der Waals surface area contributed by atoms with Crippen LogP contribution < -0.4 is 4.74 Å². The monoisotopic (exact) mass is 283 g/mol. The Morgan fingerprint density at radius 2 is 1.95 bits per heavy atom. The van der Waals surface area contributed by atoms with Crippen molar-refractivity contribution < 1.29 is 4.74 Å². The molecule has 3 aromatic rings. The molecular weight excluding hydrogens is 272 g/mol. The highest BCUT2D eigenvalue weighted by Gasteiger charge is 2.02. The molecule has 0 aliphatic rings. The van der Waals surface area contributed by atoms with Crippen LogP contribution in [0.15, 0.2) is 60.8 Å². The van der Waals surface area contributed by atoms with E-state index in [9.17, 15) is 0 Å². The van der Waals surface area contributed by atoms with Gasteiger partial charge in [-0.3, -0.25) is 0 Å². The van der Waals surface area contributed by atoms with Gasteiger partial charge < -0.3 is 4.74 Å². The molecule has 0 atom stereocenters. The Kier molecular flexibility index (Phi) is 3.70. The van der Waals surface area contributed by atoms with E-state index in [1.54, 1.807) is 4.68 Å². The minimum atomic E-state index is 0.418. The molecule has 20 heavy (non-hydrogen) atoms. The largest absolute Gasteiger partial charge is 0.487 e. The molecule has 1 heterocycles. The van der Waals surface area contributed by atoms with Gasteiger partial charge in [0.05, 0.1) is 5.69 Å². The lowest BCUT2D eigenvalue weighted by Crippen LogP contribution is -1.99. The van der Waals surface area contributed by atoms with E-state index < -0.39 is 0 Å². The van der Waals surface area contributed by atoms with Crippen LogP contribution in [0.4, 0.5) is 0 Å². The van der Waals surface area contributed by atoms with Crippen LogP contribution in [0.3, 0.4) is 0 Å². The van der Waals surface area contributed by atoms with Gasteiger partial charge in [-0.05, 0) is 36.4 Å². The number of nitrogens with zero attached hydrogens (tertiary/aromatic N) is 2. The van der Waals surface area contributed by atoms with E-state index in [1.165, 1.54) is 0 Å². The average Bonchev–Trinajstić information content (AvgIpc) is 2.96. The summed E-state index contributed by atoms with van der Waals surface area (Å²) in [5.41, 5.74) is 1.82. The molecule has 0 N–H and O–H groups in total. The van der Waals surface area contributed by atoms with Gasteiger partial charge in [0.25, 0.3) is 0 Å². The van der Waals surface area contributed by atoms with Crippen molar-refractivity contribution in [2.24, 2.45) is 0 Å². The van der Waals surface area contributed by atoms with Crippen molar-refractivity contribution in [1.29, 1.82) is 0 Å². The number of benzene rings is 2. The third kappa shape index (κ3) is 3.00. The molecular formula is C16H12ClN2O. The van der Waals surface area contributed by atoms with Crippen LogP contribution in [0.2, 0.25) is 5.02 Å². The number of hydrogen-bond acceptors (Lipinski definition) is 2. The topological polar surface area (TPSA) is 27.1 Å². The van der Waals surface area contributed by atoms with Gasteiger partial charge in [-0.15, -0.1) is 0 Å². The third-order valence-electron chi connectivity index (χ3n) is 2.79. The maximum absolute atomic E-state index is 5.87. The molecule has 4 heteroatoms. The van der Waals surface area contributed by atoms with Gasteiger partial charge in [0, 0.05) is 17.3 Å². The lowest BCUT2D eigenvalue weighted by Gasteiger charge is -2.03. The van der Waals surface area contributed by atoms with E-state index in [2.05, 4.69) is 11.2 Å². The van der Waals surface area contributed by atoms with Crippen molar-refractivity contribution in [2.45, 2.75) is 6.61 Å². The molecule has 1 aromatic heterocycles. The lowest BCUT2D eigenvalue weighted by atomic mass is 10.3. The first-order chi connectivity index (χ1) is 9.81. The van der Waals surface area contributed by atoms with Gasteiger partial charge in [0.15, 0.2) is 0 Å². The molecule has 0 saturated heterocycles. The number of aromatic nitrogens is 2. The summed E-state index contributed by atoms with van der Waals surface area (Å²) in [5, 5.41) is 5.17. The quantitative estimate of drug-likeness (QED) is 0.726. The second kappa shape index (κ2) is 5.80. The maximum Gasteiger partial charge on any atom is 0.132 e. The fourth-order valence-corrected chi connectivity index (χ4v) is 1.92. The van der Waals surface area contributed by atoms with Crippen molar-refractivity contribution in [1.82, 2.24) is 9.78 Å². The zero-order valence-electron chi connectivity index (χ0n) is 10.7. The van der Waals surface area contributed by atoms with E-state index in [-0.39, 0.29) is 0 Å². The minimum absolute atomic E-state index is 0.418. The van der Waals surface area contributed by atoms with Gasteiger partial charge in [-0.1, -0.05) is 29.8 Å². The van der Waals surface area contributed by atoms with Crippen molar-refractivity contribution in [2.75, 3.05) is 0 Å². The van der Waals surface area contributed by atoms with Crippen molar-refractivity contribution >= 4 is 11.6 Å². The predicted molar refractivity (Wildman–Crippen MR) is 78.2 cm³/mol. The Morgan fingerprint density at radius 3 is 2.70 bits per heavy atom. The summed E-state index contributed by atoms with van der Waals surface area (Å²) >= 11 is 5.87. The molecule has 2 aromatic carbocycles. The standard InChI is InChI=1S/C16H12ClN2O/c17-13-6-8-15(9-7-13)19-11-10-14(18-19)12-20-16-4-2-1-3-5-16/h1-4,6-11H,12H2. The summed E-state index contributed by atoms with van der Waals surface area (Å²) in [5.74, 6) is 0.716. The Balaban J connectivity index is 1.69. The summed E-state index contributed by atoms with van der Waals surface area (Å²) < 4.78 is 7.40. The molecule has 1 radical (unpaired) electrons. The lowest BCUT2D eigenvalue weighted by molar-refractivity contribution is 0.300. The normalized spacial score (nSPS) is 10.4. The van der Waals surface area contributed by atoms with Gasteiger partial charge >= 0.3 is 0 Å². The summed E-state index contributed by atoms with van der Waals surface area (Å²) in [6.07, 6.45) is 1.90. The molecule has 3 nitrogen and oxygen atoms in total. The van der Waals surface area contributed by atoms with E-state index in [1.807, 2.05) is 60.8 Å². The number of ether oxygens (including phenoxy) is 1. The highest BCUT2D eigenvalue weighted by atomic mass is 35.5. The van der Waals surface area contributed by atoms with Crippen molar-refractivity contribution in [3.63, 3.8) is 0 Å². The van der Waals surface area contributed by atoms with E-state index in [0.717, 1.165) is 11.4 Å². The van der Waals surface area contributed by atoms with Crippen LogP contribution in [0.5, 0.6) is 5.75 Å². The van der Waals surface area contributed by atoms with Gasteiger partial charge in [0.1, 0.15) is 18.1 Å². The average molecular weight is 284 g/mol. The number of para-hydroxylation sites is 1. The molecule has 0 unspecified atom stereocenters. The first kappa shape index (κ1) is 12.8. The Labute approximate surface area is 122 Å². The first-order valence-corrected chi connectivity index (χ1v) is 6.59. The zero-order chi connectivity index (χ0) is 13.8. The fraction of sp³-hybridized carbons (Fsp3) is 0.0625. The number of halogens is 1. The van der Waals surface area contributed by atoms with E-state index in [4.69, 9.17) is 16.3 Å². The van der Waals surface area contributed by atoms with Gasteiger partial charge in [-0.25, -0.2) is 4.68 Å². The first-order valence-electron chi connectivity index (χ1n) is 6.21. The van der Waals surface area contributed by atoms with Crippen LogP contribution in [0, 0.1) is 6.07 Å². The molecule has 0 spiro atoms. The van der Waals surface area contributed by atoms with Crippen LogP contribution in [0.1, 0.15) is 5.69 Å². The molecule has 99 valence electrons. The summed E-state index contributed by atoms with van der Waals surface area (Å²) in [6, 6.07) is 20.0. The highest BCUT2D eigenvalue weighted by Crippen LogP contribution is 2.14. The smallest absolute Gasteiger partial charge is 0.132 e. The maximum atomic E-state index is 5.87. The second-order valence-electron chi connectivity index (χ2n) is 4.24. The fourth-order valence-electron chi connectivity index (χ4n) is 1.79. The van der Waals surface area contributed by atoms with Crippen LogP contribution in [0.25, 0.3) is 5.69 Å². The Morgan fingerprint density at radius 1 is 1.10 bits per heavy atom. The molecule has 3 rings (SSSR count). The van der Waals surface area contributed by atoms with Crippen LogP contribution in [-0.2, 0) is 6.61 Å². The molecule has 0 fully saturated rings. The molecule has 0 saturated carbocycles. The van der Waals surface area contributed by atoms with Crippen LogP contribution >= 0.6 is 11.6 Å². The predicted octanol–water partition coefficient (Wildman–Crippen LogP) is 3.90. The summed E-state index contributed by atoms with van der Waals surface area (Å²) in [4.78, 5) is 0. The van der Waals surface area contributed by atoms with Gasteiger partial charge in [-0.2, -0.15) is 5.10 Å². The number of rotatable bonds is 4. The van der Waals surface area contributed by atoms with Gasteiger partial charge in [0.2, 0.25) is 0 Å². The number of hydrogen-bond donors (Lipinski definition) is 0. The highest BCUT2D eigenvalue weighted by molar-refractivity contribution is 6.30. The zero-order valence-corrected chi connectivity index (χ0v) is 11.4. The van der Waals surface area contributed by atoms with Crippen molar-refractivity contribution in [3.8, 4) is 11.4 Å². The SMILES string of the molecule is Clc1ccc(-n2ccc(COc3[c]cccc3)n2)cc1. The molecule has 0 aliphatic carbocycles. The minimum Gasteiger partial charge on any atom is -0.487 e.